The molecule has 2 aromatic heterocycles. The molecule has 0 radical (unpaired) electrons. The van der Waals surface area contributed by atoms with Gasteiger partial charge in [-0.2, -0.15) is 4.31 Å². The lowest BCUT2D eigenvalue weighted by molar-refractivity contribution is -0.135. The van der Waals surface area contributed by atoms with Crippen molar-refractivity contribution in [2.75, 3.05) is 20.1 Å². The molecule has 1 fully saturated rings. The highest BCUT2D eigenvalue weighted by molar-refractivity contribution is 7.91. The second-order valence-corrected chi connectivity index (χ2v) is 10.4. The van der Waals surface area contributed by atoms with E-state index in [2.05, 4.69) is 13.0 Å². The smallest absolute Gasteiger partial charge is 0.252 e. The molecule has 1 aliphatic rings. The van der Waals surface area contributed by atoms with Crippen LogP contribution in [-0.2, 0) is 21.4 Å². The second kappa shape index (κ2) is 7.57. The lowest BCUT2D eigenvalue weighted by atomic mass is 9.96. The summed E-state index contributed by atoms with van der Waals surface area (Å²) in [4.78, 5) is 15.7. The molecular formula is C17H22N2O3S3. The summed E-state index contributed by atoms with van der Waals surface area (Å²) in [5.41, 5.74) is 1.21. The maximum atomic E-state index is 12.7. The van der Waals surface area contributed by atoms with Gasteiger partial charge < -0.3 is 4.90 Å². The lowest BCUT2D eigenvalue weighted by Gasteiger charge is -2.32. The van der Waals surface area contributed by atoms with Crippen LogP contribution in [0.25, 0.3) is 0 Å². The van der Waals surface area contributed by atoms with Gasteiger partial charge in [-0.15, -0.1) is 22.7 Å². The number of aryl methyl sites for hydroxylation is 1. The lowest BCUT2D eigenvalue weighted by Crippen LogP contribution is -2.43. The zero-order valence-corrected chi connectivity index (χ0v) is 16.8. The Morgan fingerprint density at radius 3 is 2.52 bits per heavy atom. The van der Waals surface area contributed by atoms with Gasteiger partial charge in [0.15, 0.2) is 0 Å². The Hall–Kier alpha value is -1.22. The highest BCUT2D eigenvalue weighted by atomic mass is 32.2. The SMILES string of the molecule is Cc1ccsc1CN(C)C(=O)C1CCN(S(=O)(=O)c2cccs2)CC1. The van der Waals surface area contributed by atoms with Crippen molar-refractivity contribution < 1.29 is 13.2 Å². The van der Waals surface area contributed by atoms with Gasteiger partial charge in [-0.3, -0.25) is 4.79 Å². The number of carbonyl (C=O) groups is 1. The number of amides is 1. The van der Waals surface area contributed by atoms with Gasteiger partial charge in [-0.05, 0) is 48.2 Å². The van der Waals surface area contributed by atoms with Crippen molar-refractivity contribution in [2.45, 2.75) is 30.5 Å². The summed E-state index contributed by atoms with van der Waals surface area (Å²) in [5.74, 6) is 0.0148. The van der Waals surface area contributed by atoms with Crippen molar-refractivity contribution >= 4 is 38.6 Å². The molecule has 2 aromatic rings. The van der Waals surface area contributed by atoms with Crippen LogP contribution >= 0.6 is 22.7 Å². The average Bonchev–Trinajstić information content (AvgIpc) is 3.27. The number of carbonyl (C=O) groups excluding carboxylic acids is 1. The molecule has 0 unspecified atom stereocenters. The van der Waals surface area contributed by atoms with Crippen LogP contribution in [0.1, 0.15) is 23.3 Å². The van der Waals surface area contributed by atoms with Gasteiger partial charge in [-0.1, -0.05) is 6.07 Å². The first-order valence-corrected chi connectivity index (χ1v) is 11.4. The van der Waals surface area contributed by atoms with Crippen molar-refractivity contribution in [1.29, 1.82) is 0 Å². The van der Waals surface area contributed by atoms with Crippen LogP contribution in [0, 0.1) is 12.8 Å². The van der Waals surface area contributed by atoms with Crippen LogP contribution in [0.4, 0.5) is 0 Å². The molecule has 136 valence electrons. The molecule has 3 rings (SSSR count). The predicted molar refractivity (Wildman–Crippen MR) is 101 cm³/mol. The third-order valence-electron chi connectivity index (χ3n) is 4.62. The first-order chi connectivity index (χ1) is 11.9. The van der Waals surface area contributed by atoms with Crippen LogP contribution in [0.3, 0.4) is 0 Å². The summed E-state index contributed by atoms with van der Waals surface area (Å²) in [6.07, 6.45) is 1.16. The van der Waals surface area contributed by atoms with Gasteiger partial charge in [-0.25, -0.2) is 8.42 Å². The number of hydrogen-bond acceptors (Lipinski definition) is 5. The molecule has 0 bridgehead atoms. The fourth-order valence-electron chi connectivity index (χ4n) is 3.05. The predicted octanol–water partition coefficient (Wildman–Crippen LogP) is 3.18. The van der Waals surface area contributed by atoms with E-state index in [1.54, 1.807) is 33.7 Å². The summed E-state index contributed by atoms with van der Waals surface area (Å²) in [6, 6.07) is 5.44. The van der Waals surface area contributed by atoms with Crippen LogP contribution in [0.2, 0.25) is 0 Å². The quantitative estimate of drug-likeness (QED) is 0.777. The molecule has 5 nitrogen and oxygen atoms in total. The van der Waals surface area contributed by atoms with E-state index in [9.17, 15) is 13.2 Å². The summed E-state index contributed by atoms with van der Waals surface area (Å²) in [7, 11) is -1.58. The molecule has 0 atom stereocenters. The van der Waals surface area contributed by atoms with Crippen molar-refractivity contribution in [3.63, 3.8) is 0 Å². The fourth-order valence-corrected chi connectivity index (χ4v) is 6.62. The largest absolute Gasteiger partial charge is 0.340 e. The average molecular weight is 399 g/mol. The molecule has 0 aromatic carbocycles. The fraction of sp³-hybridized carbons (Fsp3) is 0.471. The minimum absolute atomic E-state index is 0.0972. The summed E-state index contributed by atoms with van der Waals surface area (Å²) >= 11 is 2.90. The first kappa shape index (κ1) is 18.6. The minimum Gasteiger partial charge on any atom is -0.340 e. The normalized spacial score (nSPS) is 16.9. The maximum absolute atomic E-state index is 12.7. The zero-order valence-electron chi connectivity index (χ0n) is 14.3. The van der Waals surface area contributed by atoms with E-state index in [4.69, 9.17) is 0 Å². The molecule has 3 heterocycles. The van der Waals surface area contributed by atoms with Crippen LogP contribution in [-0.4, -0.2) is 43.7 Å². The van der Waals surface area contributed by atoms with Gasteiger partial charge in [0, 0.05) is 30.9 Å². The van der Waals surface area contributed by atoms with Gasteiger partial charge in [0.25, 0.3) is 10.0 Å². The Balaban J connectivity index is 1.58. The van der Waals surface area contributed by atoms with E-state index in [0.29, 0.717) is 36.7 Å². The molecule has 1 saturated heterocycles. The van der Waals surface area contributed by atoms with E-state index in [0.717, 1.165) is 0 Å². The molecule has 0 spiro atoms. The van der Waals surface area contributed by atoms with Gasteiger partial charge in [0.05, 0.1) is 6.54 Å². The molecule has 0 aliphatic carbocycles. The second-order valence-electron chi connectivity index (χ2n) is 6.33. The van der Waals surface area contributed by atoms with Crippen LogP contribution in [0.5, 0.6) is 0 Å². The van der Waals surface area contributed by atoms with Crippen molar-refractivity contribution in [3.8, 4) is 0 Å². The number of sulfonamides is 1. The first-order valence-electron chi connectivity index (χ1n) is 8.21. The molecule has 25 heavy (non-hydrogen) atoms. The van der Waals surface area contributed by atoms with E-state index >= 15 is 0 Å². The van der Waals surface area contributed by atoms with E-state index in [1.807, 2.05) is 12.4 Å². The Morgan fingerprint density at radius 1 is 1.24 bits per heavy atom. The topological polar surface area (TPSA) is 57.7 Å². The van der Waals surface area contributed by atoms with Gasteiger partial charge in [0.2, 0.25) is 5.91 Å². The number of thiophene rings is 2. The van der Waals surface area contributed by atoms with E-state index in [-0.39, 0.29) is 11.8 Å². The molecule has 0 N–H and O–H groups in total. The standard InChI is InChI=1S/C17H22N2O3S3/c1-13-7-11-23-15(13)12-18(2)17(20)14-5-8-19(9-6-14)25(21,22)16-4-3-10-24-16/h3-4,7,10-11,14H,5-6,8-9,12H2,1-2H3. The minimum atomic E-state index is -3.41. The van der Waals surface area contributed by atoms with Crippen molar-refractivity contribution in [3.05, 3.63) is 39.4 Å². The number of hydrogen-bond donors (Lipinski definition) is 0. The van der Waals surface area contributed by atoms with Crippen LogP contribution in [0.15, 0.2) is 33.2 Å². The Kier molecular flexibility index (Phi) is 5.62. The highest BCUT2D eigenvalue weighted by Gasteiger charge is 2.33. The van der Waals surface area contributed by atoms with E-state index < -0.39 is 10.0 Å². The Morgan fingerprint density at radius 2 is 1.96 bits per heavy atom. The Labute approximate surface area is 156 Å². The zero-order chi connectivity index (χ0) is 18.0. The van der Waals surface area contributed by atoms with Crippen molar-refractivity contribution in [1.82, 2.24) is 9.21 Å². The third-order valence-corrected chi connectivity index (χ3v) is 8.90. The molecular weight excluding hydrogens is 376 g/mol. The van der Waals surface area contributed by atoms with E-state index in [1.165, 1.54) is 26.1 Å². The number of nitrogens with zero attached hydrogens (tertiary/aromatic N) is 2. The van der Waals surface area contributed by atoms with Gasteiger partial charge in [0.1, 0.15) is 4.21 Å². The monoisotopic (exact) mass is 398 g/mol. The summed E-state index contributed by atoms with van der Waals surface area (Å²) in [5, 5.41) is 3.81. The summed E-state index contributed by atoms with van der Waals surface area (Å²) < 4.78 is 27.0. The third kappa shape index (κ3) is 3.97. The molecule has 8 heteroatoms. The van der Waals surface area contributed by atoms with Crippen molar-refractivity contribution in [2.24, 2.45) is 5.92 Å². The number of rotatable bonds is 5. The summed E-state index contributed by atoms with van der Waals surface area (Å²) in [6.45, 7) is 3.49. The number of piperidine rings is 1. The molecule has 0 saturated carbocycles. The van der Waals surface area contributed by atoms with Gasteiger partial charge >= 0.3 is 0 Å². The molecule has 1 amide bonds. The Bertz CT molecular complexity index is 819. The molecule has 1 aliphatic heterocycles. The maximum Gasteiger partial charge on any atom is 0.252 e. The highest BCUT2D eigenvalue weighted by Crippen LogP contribution is 2.27. The van der Waals surface area contributed by atoms with Crippen LogP contribution < -0.4 is 0 Å².